The maximum absolute atomic E-state index is 13.5. The lowest BCUT2D eigenvalue weighted by atomic mass is 10.1. The fourth-order valence-corrected chi connectivity index (χ4v) is 3.87. The molecule has 0 fully saturated rings. The molecule has 0 spiro atoms. The molecular weight excluding hydrogens is 565 g/mol. The fraction of sp³-hybridized carbons (Fsp3) is 0.500. The minimum absolute atomic E-state index is 0.0479. The van der Waals surface area contributed by atoms with Crippen LogP contribution in [-0.4, -0.2) is 37.6 Å². The summed E-state index contributed by atoms with van der Waals surface area (Å²) < 4.78 is 81.0. The number of benzene rings is 2. The number of halogens is 5. The highest BCUT2D eigenvalue weighted by Gasteiger charge is 2.28. The van der Waals surface area contributed by atoms with Crippen molar-refractivity contribution < 1.29 is 50.5 Å². The third-order valence-corrected chi connectivity index (χ3v) is 6.18. The molecule has 2 aromatic rings. The minimum Gasteiger partial charge on any atom is -0.461 e. The third kappa shape index (κ3) is 13.0. The van der Waals surface area contributed by atoms with Gasteiger partial charge in [-0.05, 0) is 18.4 Å². The molecule has 0 aromatic heterocycles. The molecule has 0 atom stereocenters. The van der Waals surface area contributed by atoms with Gasteiger partial charge in [0, 0.05) is 19.4 Å². The maximum Gasteiger partial charge on any atom is 0.313 e. The smallest absolute Gasteiger partial charge is 0.313 e. The van der Waals surface area contributed by atoms with Gasteiger partial charge in [0.25, 0.3) is 0 Å². The van der Waals surface area contributed by atoms with Crippen LogP contribution in [0, 0.1) is 29.1 Å². The molecule has 0 aliphatic heterocycles. The van der Waals surface area contributed by atoms with Crippen LogP contribution < -0.4 is 10.1 Å². The zero-order chi connectivity index (χ0) is 30.7. The molecule has 0 heterocycles. The van der Waals surface area contributed by atoms with Crippen molar-refractivity contribution in [1.82, 2.24) is 5.32 Å². The first-order valence-corrected chi connectivity index (χ1v) is 14.0. The second-order valence-electron chi connectivity index (χ2n) is 9.56. The molecule has 0 bridgehead atoms. The number of ether oxygens (including phenoxy) is 3. The van der Waals surface area contributed by atoms with Gasteiger partial charge in [-0.2, -0.15) is 8.78 Å². The van der Waals surface area contributed by atoms with Crippen molar-refractivity contribution in [3.05, 3.63) is 65.0 Å². The van der Waals surface area contributed by atoms with Gasteiger partial charge in [-0.25, -0.2) is 13.2 Å². The summed E-state index contributed by atoms with van der Waals surface area (Å²) in [5.74, 6) is -14.5. The molecule has 232 valence electrons. The lowest BCUT2D eigenvalue weighted by Gasteiger charge is -2.09. The van der Waals surface area contributed by atoms with Crippen molar-refractivity contribution in [2.24, 2.45) is 0 Å². The molecular formula is C30H36F5NO6. The van der Waals surface area contributed by atoms with Gasteiger partial charge in [0.1, 0.15) is 6.61 Å². The number of rotatable bonds is 20. The Morgan fingerprint density at radius 2 is 1.17 bits per heavy atom. The lowest BCUT2D eigenvalue weighted by Crippen LogP contribution is -2.27. The zero-order valence-corrected chi connectivity index (χ0v) is 23.3. The van der Waals surface area contributed by atoms with Gasteiger partial charge >= 0.3 is 11.9 Å². The Kier molecular flexibility index (Phi) is 16.1. The molecule has 42 heavy (non-hydrogen) atoms. The van der Waals surface area contributed by atoms with Crippen molar-refractivity contribution in [3.63, 3.8) is 0 Å². The summed E-state index contributed by atoms with van der Waals surface area (Å²) in [6.07, 6.45) is 7.89. The lowest BCUT2D eigenvalue weighted by molar-refractivity contribution is -0.145. The van der Waals surface area contributed by atoms with Crippen molar-refractivity contribution in [3.8, 4) is 5.75 Å². The molecule has 0 saturated carbocycles. The molecule has 2 aromatic carbocycles. The summed E-state index contributed by atoms with van der Waals surface area (Å²) in [5, 5.41) is 2.66. The van der Waals surface area contributed by atoms with Crippen LogP contribution in [0.4, 0.5) is 22.0 Å². The van der Waals surface area contributed by atoms with Gasteiger partial charge in [-0.3, -0.25) is 14.4 Å². The van der Waals surface area contributed by atoms with Crippen LogP contribution >= 0.6 is 0 Å². The highest BCUT2D eigenvalue weighted by atomic mass is 19.2. The van der Waals surface area contributed by atoms with Crippen LogP contribution in [-0.2, 0) is 30.5 Å². The van der Waals surface area contributed by atoms with Crippen LogP contribution in [0.3, 0.4) is 0 Å². The van der Waals surface area contributed by atoms with E-state index in [1.165, 1.54) is 0 Å². The number of esters is 2. The molecule has 7 nitrogen and oxygen atoms in total. The van der Waals surface area contributed by atoms with Crippen LogP contribution in [0.15, 0.2) is 30.3 Å². The quantitative estimate of drug-likeness (QED) is 0.0468. The second kappa shape index (κ2) is 19.6. The van der Waals surface area contributed by atoms with Gasteiger partial charge in [-0.15, -0.1) is 0 Å². The summed E-state index contributed by atoms with van der Waals surface area (Å²) in [6.45, 7) is 0.272. The predicted octanol–water partition coefficient (Wildman–Crippen LogP) is 6.45. The molecule has 0 radical (unpaired) electrons. The van der Waals surface area contributed by atoms with Gasteiger partial charge in [0.2, 0.25) is 40.7 Å². The first-order chi connectivity index (χ1) is 20.2. The normalized spacial score (nSPS) is 10.9. The van der Waals surface area contributed by atoms with E-state index in [0.29, 0.717) is 19.4 Å². The summed E-state index contributed by atoms with van der Waals surface area (Å²) in [4.78, 5) is 35.3. The van der Waals surface area contributed by atoms with Crippen LogP contribution in [0.2, 0.25) is 0 Å². The Morgan fingerprint density at radius 1 is 0.619 bits per heavy atom. The largest absolute Gasteiger partial charge is 0.461 e. The standard InChI is InChI=1S/C30H36F5NO6/c31-25-26(32)28(34)30(29(35)27(25)33)42-24(39)16-18-40-19-17-36-22(37)14-10-5-3-1-2-4-6-11-15-23(38)41-20-21-12-8-7-9-13-21/h7-9,12-13H,1-6,10-11,14-20H2,(H,36,37). The van der Waals surface area contributed by atoms with Gasteiger partial charge in [0.05, 0.1) is 19.6 Å². The Bertz CT molecular complexity index is 1120. The van der Waals surface area contributed by atoms with E-state index in [1.54, 1.807) is 0 Å². The van der Waals surface area contributed by atoms with E-state index < -0.39 is 47.2 Å². The predicted molar refractivity (Wildman–Crippen MR) is 143 cm³/mol. The molecule has 0 unspecified atom stereocenters. The van der Waals surface area contributed by atoms with Crippen molar-refractivity contribution in [1.29, 1.82) is 0 Å². The van der Waals surface area contributed by atoms with E-state index in [2.05, 4.69) is 10.1 Å². The highest BCUT2D eigenvalue weighted by molar-refractivity contribution is 5.75. The Morgan fingerprint density at radius 3 is 1.79 bits per heavy atom. The van der Waals surface area contributed by atoms with Crippen molar-refractivity contribution >= 4 is 17.8 Å². The molecule has 1 amide bonds. The van der Waals surface area contributed by atoms with E-state index in [4.69, 9.17) is 9.47 Å². The summed E-state index contributed by atoms with van der Waals surface area (Å²) in [6, 6.07) is 9.55. The number of carbonyl (C=O) groups excluding carboxylic acids is 3. The first kappa shape index (κ1) is 34.7. The van der Waals surface area contributed by atoms with Crippen molar-refractivity contribution in [2.45, 2.75) is 77.2 Å². The van der Waals surface area contributed by atoms with Gasteiger partial charge < -0.3 is 19.5 Å². The monoisotopic (exact) mass is 601 g/mol. The SMILES string of the molecule is O=C(CCCCCCCCCCC(=O)OCc1ccccc1)NCCOCCC(=O)Oc1c(F)c(F)c(F)c(F)c1F. The molecule has 0 aliphatic rings. The van der Waals surface area contributed by atoms with Crippen LogP contribution in [0.25, 0.3) is 0 Å². The minimum atomic E-state index is -2.35. The molecule has 1 N–H and O–H groups in total. The Hall–Kier alpha value is -3.54. The molecule has 0 aliphatic carbocycles. The molecule has 2 rings (SSSR count). The first-order valence-electron chi connectivity index (χ1n) is 14.0. The average Bonchev–Trinajstić information content (AvgIpc) is 2.99. The van der Waals surface area contributed by atoms with Gasteiger partial charge in [0.15, 0.2) is 0 Å². The van der Waals surface area contributed by atoms with E-state index >= 15 is 0 Å². The number of amides is 1. The van der Waals surface area contributed by atoms with E-state index in [0.717, 1.165) is 56.9 Å². The zero-order valence-electron chi connectivity index (χ0n) is 23.3. The van der Waals surface area contributed by atoms with Gasteiger partial charge in [-0.1, -0.05) is 68.9 Å². The third-order valence-electron chi connectivity index (χ3n) is 6.18. The van der Waals surface area contributed by atoms with E-state index in [9.17, 15) is 36.3 Å². The number of carbonyl (C=O) groups is 3. The van der Waals surface area contributed by atoms with E-state index in [1.807, 2.05) is 30.3 Å². The summed E-state index contributed by atoms with van der Waals surface area (Å²) >= 11 is 0. The fourth-order valence-electron chi connectivity index (χ4n) is 3.87. The number of hydrogen-bond acceptors (Lipinski definition) is 6. The molecule has 12 heteroatoms. The highest BCUT2D eigenvalue weighted by Crippen LogP contribution is 2.29. The van der Waals surface area contributed by atoms with Crippen LogP contribution in [0.1, 0.15) is 76.2 Å². The summed E-state index contributed by atoms with van der Waals surface area (Å²) in [7, 11) is 0. The summed E-state index contributed by atoms with van der Waals surface area (Å²) in [5.41, 5.74) is 0.970. The maximum atomic E-state index is 13.5. The number of unbranched alkanes of at least 4 members (excludes halogenated alkanes) is 7. The molecule has 0 saturated heterocycles. The second-order valence-corrected chi connectivity index (χ2v) is 9.56. The van der Waals surface area contributed by atoms with E-state index in [-0.39, 0.29) is 31.6 Å². The Balaban J connectivity index is 1.39. The van der Waals surface area contributed by atoms with Crippen LogP contribution in [0.5, 0.6) is 5.75 Å². The number of nitrogens with one attached hydrogen (secondary N) is 1. The average molecular weight is 602 g/mol. The topological polar surface area (TPSA) is 90.9 Å². The number of hydrogen-bond donors (Lipinski definition) is 1. The van der Waals surface area contributed by atoms with Crippen molar-refractivity contribution in [2.75, 3.05) is 19.8 Å². The Labute approximate surface area is 241 Å².